The summed E-state index contributed by atoms with van der Waals surface area (Å²) in [5.41, 5.74) is -0.591. The van der Waals surface area contributed by atoms with Crippen molar-refractivity contribution in [1.82, 2.24) is 4.98 Å². The second-order valence-electron chi connectivity index (χ2n) is 5.65. The molecule has 1 heterocycles. The number of rotatable bonds is 4. The van der Waals surface area contributed by atoms with Gasteiger partial charge >= 0.3 is 6.18 Å². The van der Waals surface area contributed by atoms with Gasteiger partial charge in [-0.25, -0.2) is 17.8 Å². The predicted molar refractivity (Wildman–Crippen MR) is 94.5 cm³/mol. The quantitative estimate of drug-likeness (QED) is 0.604. The van der Waals surface area contributed by atoms with Crippen molar-refractivity contribution in [2.45, 2.75) is 18.0 Å². The SMILES string of the molecule is Cc1ccc(S(=O)(=O)Nc2nc(-c3cc(C(F)(F)F)ccc3F)cs2)cc1. The molecule has 142 valence electrons. The topological polar surface area (TPSA) is 59.1 Å². The number of nitrogens with zero attached hydrogens (tertiary/aromatic N) is 1. The predicted octanol–water partition coefficient (Wildman–Crippen LogP) is 5.08. The number of aryl methyl sites for hydroxylation is 1. The van der Waals surface area contributed by atoms with Crippen LogP contribution in [-0.4, -0.2) is 13.4 Å². The molecule has 10 heteroatoms. The van der Waals surface area contributed by atoms with Gasteiger partial charge in [-0.2, -0.15) is 13.2 Å². The molecule has 0 atom stereocenters. The third kappa shape index (κ3) is 4.28. The fraction of sp³-hybridized carbons (Fsp3) is 0.118. The number of hydrogen-bond donors (Lipinski definition) is 1. The van der Waals surface area contributed by atoms with Crippen LogP contribution in [0.2, 0.25) is 0 Å². The Balaban J connectivity index is 1.90. The summed E-state index contributed by atoms with van der Waals surface area (Å²) in [6.45, 7) is 1.81. The van der Waals surface area contributed by atoms with E-state index in [-0.39, 0.29) is 21.3 Å². The van der Waals surface area contributed by atoms with E-state index < -0.39 is 27.6 Å². The molecular formula is C17H12F4N2O2S2. The Hall–Kier alpha value is -2.46. The Bertz CT molecular complexity index is 1080. The van der Waals surface area contributed by atoms with E-state index in [1.807, 2.05) is 0 Å². The first-order valence-corrected chi connectivity index (χ1v) is 9.85. The van der Waals surface area contributed by atoms with Crippen LogP contribution in [0.15, 0.2) is 52.7 Å². The lowest BCUT2D eigenvalue weighted by Crippen LogP contribution is -2.12. The number of benzene rings is 2. The molecule has 0 fully saturated rings. The van der Waals surface area contributed by atoms with Crippen molar-refractivity contribution in [2.75, 3.05) is 4.72 Å². The lowest BCUT2D eigenvalue weighted by atomic mass is 10.1. The highest BCUT2D eigenvalue weighted by molar-refractivity contribution is 7.93. The summed E-state index contributed by atoms with van der Waals surface area (Å²) in [5.74, 6) is -0.888. The monoisotopic (exact) mass is 416 g/mol. The minimum atomic E-state index is -4.63. The van der Waals surface area contributed by atoms with Crippen molar-refractivity contribution in [3.05, 3.63) is 64.8 Å². The summed E-state index contributed by atoms with van der Waals surface area (Å²) in [4.78, 5) is 3.92. The fourth-order valence-corrected chi connectivity index (χ4v) is 4.20. The van der Waals surface area contributed by atoms with Crippen molar-refractivity contribution in [3.63, 3.8) is 0 Å². The molecule has 0 spiro atoms. The number of anilines is 1. The molecule has 27 heavy (non-hydrogen) atoms. The zero-order chi connectivity index (χ0) is 19.8. The van der Waals surface area contributed by atoms with Crippen LogP contribution >= 0.6 is 11.3 Å². The summed E-state index contributed by atoms with van der Waals surface area (Å²) >= 11 is 0.842. The number of aromatic nitrogens is 1. The molecular weight excluding hydrogens is 404 g/mol. The zero-order valence-corrected chi connectivity index (χ0v) is 15.3. The number of hydrogen-bond acceptors (Lipinski definition) is 4. The van der Waals surface area contributed by atoms with Crippen molar-refractivity contribution in [2.24, 2.45) is 0 Å². The van der Waals surface area contributed by atoms with Crippen LogP contribution < -0.4 is 4.72 Å². The minimum Gasteiger partial charge on any atom is -0.255 e. The van der Waals surface area contributed by atoms with Crippen molar-refractivity contribution >= 4 is 26.5 Å². The Morgan fingerprint density at radius 2 is 1.74 bits per heavy atom. The van der Waals surface area contributed by atoms with Crippen LogP contribution in [0.25, 0.3) is 11.3 Å². The van der Waals surface area contributed by atoms with Gasteiger partial charge in [0, 0.05) is 10.9 Å². The van der Waals surface area contributed by atoms with E-state index in [1.165, 1.54) is 17.5 Å². The molecule has 1 N–H and O–H groups in total. The molecule has 0 aliphatic heterocycles. The number of alkyl halides is 3. The molecule has 2 aromatic carbocycles. The Kier molecular flexibility index (Phi) is 4.96. The molecule has 0 amide bonds. The third-order valence-electron chi connectivity index (χ3n) is 3.63. The van der Waals surface area contributed by atoms with Gasteiger partial charge in [0.05, 0.1) is 16.2 Å². The van der Waals surface area contributed by atoms with Gasteiger partial charge in [0.25, 0.3) is 10.0 Å². The highest BCUT2D eigenvalue weighted by Gasteiger charge is 2.31. The normalized spacial score (nSPS) is 12.2. The summed E-state index contributed by atoms with van der Waals surface area (Å²) in [5, 5.41) is 1.20. The summed E-state index contributed by atoms with van der Waals surface area (Å²) < 4.78 is 79.4. The summed E-state index contributed by atoms with van der Waals surface area (Å²) in [6.07, 6.45) is -4.63. The van der Waals surface area contributed by atoms with E-state index in [0.717, 1.165) is 16.9 Å². The number of nitrogens with one attached hydrogen (secondary N) is 1. The molecule has 0 unspecified atom stereocenters. The minimum absolute atomic E-state index is 0.00935. The lowest BCUT2D eigenvalue weighted by Gasteiger charge is -2.08. The molecule has 3 aromatic rings. The Labute approximate surface area is 156 Å². The van der Waals surface area contributed by atoms with Crippen LogP contribution in [-0.2, 0) is 16.2 Å². The lowest BCUT2D eigenvalue weighted by molar-refractivity contribution is -0.137. The van der Waals surface area contributed by atoms with Gasteiger partial charge in [-0.15, -0.1) is 11.3 Å². The van der Waals surface area contributed by atoms with E-state index in [1.54, 1.807) is 19.1 Å². The average Bonchev–Trinajstić information content (AvgIpc) is 3.02. The molecule has 0 radical (unpaired) electrons. The molecule has 0 aliphatic rings. The van der Waals surface area contributed by atoms with Gasteiger partial charge in [0.1, 0.15) is 5.82 Å². The fourth-order valence-electron chi connectivity index (χ4n) is 2.23. The van der Waals surface area contributed by atoms with Gasteiger partial charge in [0.2, 0.25) is 0 Å². The molecule has 0 aliphatic carbocycles. The Morgan fingerprint density at radius 1 is 1.07 bits per heavy atom. The average molecular weight is 416 g/mol. The molecule has 4 nitrogen and oxygen atoms in total. The van der Waals surface area contributed by atoms with E-state index in [2.05, 4.69) is 9.71 Å². The van der Waals surface area contributed by atoms with Crippen LogP contribution in [0.4, 0.5) is 22.7 Å². The van der Waals surface area contributed by atoms with Gasteiger partial charge in [-0.05, 0) is 37.3 Å². The van der Waals surface area contributed by atoms with Crippen LogP contribution in [0.1, 0.15) is 11.1 Å². The maximum atomic E-state index is 14.0. The van der Waals surface area contributed by atoms with Gasteiger partial charge in [-0.3, -0.25) is 4.72 Å². The van der Waals surface area contributed by atoms with Crippen molar-refractivity contribution in [1.29, 1.82) is 0 Å². The first-order valence-electron chi connectivity index (χ1n) is 7.48. The van der Waals surface area contributed by atoms with E-state index in [9.17, 15) is 26.0 Å². The number of sulfonamides is 1. The van der Waals surface area contributed by atoms with Gasteiger partial charge < -0.3 is 0 Å². The van der Waals surface area contributed by atoms with E-state index in [0.29, 0.717) is 18.2 Å². The van der Waals surface area contributed by atoms with Gasteiger partial charge in [0.15, 0.2) is 5.13 Å². The second kappa shape index (κ2) is 6.93. The van der Waals surface area contributed by atoms with Gasteiger partial charge in [-0.1, -0.05) is 17.7 Å². The molecule has 0 saturated heterocycles. The van der Waals surface area contributed by atoms with E-state index >= 15 is 0 Å². The smallest absolute Gasteiger partial charge is 0.255 e. The summed E-state index contributed by atoms with van der Waals surface area (Å²) in [7, 11) is -3.92. The summed E-state index contributed by atoms with van der Waals surface area (Å²) in [6, 6.07) is 8.06. The number of halogens is 4. The maximum Gasteiger partial charge on any atom is 0.416 e. The standard InChI is InChI=1S/C17H12F4N2O2S2/c1-10-2-5-12(6-3-10)27(24,25)23-16-22-15(9-26-16)13-8-11(17(19,20)21)4-7-14(13)18/h2-9H,1H3,(H,22,23). The maximum absolute atomic E-state index is 14.0. The van der Waals surface area contributed by atoms with Crippen molar-refractivity contribution in [3.8, 4) is 11.3 Å². The first-order chi connectivity index (χ1) is 12.6. The highest BCUT2D eigenvalue weighted by Crippen LogP contribution is 2.34. The number of thiazole rings is 1. The zero-order valence-electron chi connectivity index (χ0n) is 13.7. The van der Waals surface area contributed by atoms with Crippen molar-refractivity contribution < 1.29 is 26.0 Å². The van der Waals surface area contributed by atoms with Crippen LogP contribution in [0.5, 0.6) is 0 Å². The Morgan fingerprint density at radius 3 is 2.37 bits per heavy atom. The second-order valence-corrected chi connectivity index (χ2v) is 8.19. The molecule has 1 aromatic heterocycles. The largest absolute Gasteiger partial charge is 0.416 e. The van der Waals surface area contributed by atoms with E-state index in [4.69, 9.17) is 0 Å². The third-order valence-corrected chi connectivity index (χ3v) is 5.87. The molecule has 0 saturated carbocycles. The first kappa shape index (κ1) is 19.3. The highest BCUT2D eigenvalue weighted by atomic mass is 32.2. The molecule has 0 bridgehead atoms. The molecule has 3 rings (SSSR count). The van der Waals surface area contributed by atoms with Crippen LogP contribution in [0, 0.1) is 12.7 Å². The van der Waals surface area contributed by atoms with Crippen LogP contribution in [0.3, 0.4) is 0 Å².